The highest BCUT2D eigenvalue weighted by Gasteiger charge is 2.19. The van der Waals surface area contributed by atoms with Crippen LogP contribution in [0.1, 0.15) is 30.9 Å². The van der Waals surface area contributed by atoms with E-state index in [1.54, 1.807) is 0 Å². The second-order valence-electron chi connectivity index (χ2n) is 4.89. The van der Waals surface area contributed by atoms with Crippen LogP contribution in [0.25, 0.3) is 0 Å². The Morgan fingerprint density at radius 3 is 2.85 bits per heavy atom. The number of rotatable bonds is 5. The van der Waals surface area contributed by atoms with Crippen molar-refractivity contribution in [2.24, 2.45) is 0 Å². The Labute approximate surface area is 134 Å². The van der Waals surface area contributed by atoms with Crippen LogP contribution in [0.3, 0.4) is 0 Å². The molecule has 1 atom stereocenters. The normalized spacial score (nSPS) is 16.1. The molecule has 0 heterocycles. The molecular formula is C16H24Cl2N2. The lowest BCUT2D eigenvalue weighted by Crippen LogP contribution is -2.35. The first-order chi connectivity index (χ1) is 8.85. The summed E-state index contributed by atoms with van der Waals surface area (Å²) in [5.74, 6) is 2.64. The molecule has 0 aliphatic heterocycles. The third-order valence-corrected chi connectivity index (χ3v) is 3.55. The topological polar surface area (TPSA) is 24.1 Å². The molecule has 4 heteroatoms. The molecule has 1 aromatic carbocycles. The van der Waals surface area contributed by atoms with Gasteiger partial charge in [0.05, 0.1) is 6.54 Å². The number of benzene rings is 1. The molecule has 0 radical (unpaired) electrons. The molecule has 112 valence electrons. The van der Waals surface area contributed by atoms with Crippen molar-refractivity contribution in [2.75, 3.05) is 18.4 Å². The first kappa shape index (κ1) is 19.1. The maximum Gasteiger partial charge on any atom is 0.0763 e. The predicted octanol–water partition coefficient (Wildman–Crippen LogP) is 3.43. The van der Waals surface area contributed by atoms with Crippen LogP contribution in [0.4, 0.5) is 5.69 Å². The fourth-order valence-electron chi connectivity index (χ4n) is 2.64. The number of nitrogens with one attached hydrogen (secondary N) is 2. The third kappa shape index (κ3) is 4.90. The Hall–Kier alpha value is -0.880. The van der Waals surface area contributed by atoms with Crippen molar-refractivity contribution >= 4 is 30.5 Å². The van der Waals surface area contributed by atoms with E-state index in [9.17, 15) is 0 Å². The van der Waals surface area contributed by atoms with Gasteiger partial charge in [-0.05, 0) is 49.4 Å². The van der Waals surface area contributed by atoms with Crippen LogP contribution in [0.5, 0.6) is 0 Å². The number of fused-ring (bicyclic) bond motifs is 1. The molecule has 2 rings (SSSR count). The maximum atomic E-state index is 5.31. The number of anilines is 1. The van der Waals surface area contributed by atoms with E-state index in [1.165, 1.54) is 29.7 Å². The van der Waals surface area contributed by atoms with E-state index in [-0.39, 0.29) is 24.8 Å². The lowest BCUT2D eigenvalue weighted by molar-refractivity contribution is 0.459. The minimum Gasteiger partial charge on any atom is -0.374 e. The summed E-state index contributed by atoms with van der Waals surface area (Å²) >= 11 is 0. The van der Waals surface area contributed by atoms with Crippen LogP contribution in [0.2, 0.25) is 0 Å². The summed E-state index contributed by atoms with van der Waals surface area (Å²) in [6.45, 7) is 3.94. The summed E-state index contributed by atoms with van der Waals surface area (Å²) in [6, 6.07) is 7.15. The Bertz CT molecular complexity index is 441. The van der Waals surface area contributed by atoms with E-state index in [0.717, 1.165) is 19.4 Å². The summed E-state index contributed by atoms with van der Waals surface area (Å²) < 4.78 is 0. The molecule has 0 saturated heterocycles. The summed E-state index contributed by atoms with van der Waals surface area (Å²) in [7, 11) is 0. The second-order valence-corrected chi connectivity index (χ2v) is 4.89. The first-order valence-corrected chi connectivity index (χ1v) is 6.86. The van der Waals surface area contributed by atoms with E-state index in [0.29, 0.717) is 12.6 Å². The van der Waals surface area contributed by atoms with Gasteiger partial charge in [-0.25, -0.2) is 0 Å². The molecule has 2 N–H and O–H groups in total. The highest BCUT2D eigenvalue weighted by Crippen LogP contribution is 2.28. The number of hydrogen-bond acceptors (Lipinski definition) is 2. The van der Waals surface area contributed by atoms with Gasteiger partial charge in [0.2, 0.25) is 0 Å². The van der Waals surface area contributed by atoms with Gasteiger partial charge in [-0.3, -0.25) is 0 Å². The average molecular weight is 315 g/mol. The van der Waals surface area contributed by atoms with Crippen molar-refractivity contribution in [3.63, 3.8) is 0 Å². The molecule has 0 amide bonds. The Morgan fingerprint density at radius 1 is 1.35 bits per heavy atom. The predicted molar refractivity (Wildman–Crippen MR) is 92.4 cm³/mol. The van der Waals surface area contributed by atoms with Crippen LogP contribution < -0.4 is 10.6 Å². The van der Waals surface area contributed by atoms with E-state index < -0.39 is 0 Å². The van der Waals surface area contributed by atoms with Gasteiger partial charge in [0, 0.05) is 11.7 Å². The van der Waals surface area contributed by atoms with E-state index in [1.807, 2.05) is 0 Å². The second kappa shape index (κ2) is 9.94. The zero-order valence-electron chi connectivity index (χ0n) is 11.9. The molecule has 0 fully saturated rings. The fraction of sp³-hybridized carbons (Fsp3) is 0.500. The molecule has 0 spiro atoms. The van der Waals surface area contributed by atoms with Crippen molar-refractivity contribution in [3.8, 4) is 12.3 Å². The molecule has 0 bridgehead atoms. The van der Waals surface area contributed by atoms with E-state index in [2.05, 4.69) is 41.7 Å². The lowest BCUT2D eigenvalue weighted by atomic mass is 9.87. The molecule has 0 saturated carbocycles. The van der Waals surface area contributed by atoms with Gasteiger partial charge in [0.1, 0.15) is 0 Å². The zero-order chi connectivity index (χ0) is 12.8. The molecule has 1 aliphatic carbocycles. The minimum atomic E-state index is 0. The van der Waals surface area contributed by atoms with Crippen LogP contribution in [0.15, 0.2) is 18.2 Å². The Morgan fingerprint density at radius 2 is 2.15 bits per heavy atom. The average Bonchev–Trinajstić information content (AvgIpc) is 2.42. The molecular weight excluding hydrogens is 291 g/mol. The van der Waals surface area contributed by atoms with Gasteiger partial charge in [0.15, 0.2) is 0 Å². The molecule has 1 aromatic rings. The molecule has 1 aliphatic rings. The number of halogens is 2. The summed E-state index contributed by atoms with van der Waals surface area (Å²) in [4.78, 5) is 0. The van der Waals surface area contributed by atoms with Crippen LogP contribution in [-0.4, -0.2) is 19.1 Å². The quantitative estimate of drug-likeness (QED) is 0.814. The van der Waals surface area contributed by atoms with E-state index in [4.69, 9.17) is 6.42 Å². The maximum absolute atomic E-state index is 5.31. The molecule has 2 nitrogen and oxygen atoms in total. The standard InChI is InChI=1S/C16H22N2.2ClH/c1-3-10-17-14-8-9-15-13(12-14)6-5-7-16(15)18-11-4-2;;/h2,5-7,14,17-18H,3,8-12H2,1H3;2*1H. The largest absolute Gasteiger partial charge is 0.374 e. The lowest BCUT2D eigenvalue weighted by Gasteiger charge is -2.27. The monoisotopic (exact) mass is 314 g/mol. The number of hydrogen-bond donors (Lipinski definition) is 2. The zero-order valence-corrected chi connectivity index (χ0v) is 13.6. The van der Waals surface area contributed by atoms with Crippen molar-refractivity contribution in [3.05, 3.63) is 29.3 Å². The van der Waals surface area contributed by atoms with Crippen LogP contribution >= 0.6 is 24.8 Å². The van der Waals surface area contributed by atoms with Crippen molar-refractivity contribution in [2.45, 2.75) is 38.6 Å². The minimum absolute atomic E-state index is 0. The molecule has 0 aromatic heterocycles. The summed E-state index contributed by atoms with van der Waals surface area (Å²) in [5, 5.41) is 6.95. The molecule has 1 unspecified atom stereocenters. The van der Waals surface area contributed by atoms with Gasteiger partial charge in [-0.1, -0.05) is 25.0 Å². The Balaban J connectivity index is 0.00000180. The summed E-state index contributed by atoms with van der Waals surface area (Å²) in [6.07, 6.45) is 10.0. The van der Waals surface area contributed by atoms with Gasteiger partial charge in [-0.15, -0.1) is 31.2 Å². The first-order valence-electron chi connectivity index (χ1n) is 6.86. The highest BCUT2D eigenvalue weighted by atomic mass is 35.5. The highest BCUT2D eigenvalue weighted by molar-refractivity contribution is 5.85. The van der Waals surface area contributed by atoms with E-state index >= 15 is 0 Å². The fourth-order valence-corrected chi connectivity index (χ4v) is 2.64. The van der Waals surface area contributed by atoms with Gasteiger partial charge in [0.25, 0.3) is 0 Å². The third-order valence-electron chi connectivity index (χ3n) is 3.55. The van der Waals surface area contributed by atoms with Gasteiger partial charge in [-0.2, -0.15) is 0 Å². The van der Waals surface area contributed by atoms with Crippen molar-refractivity contribution in [1.82, 2.24) is 5.32 Å². The number of terminal acetylenes is 1. The molecule has 20 heavy (non-hydrogen) atoms. The Kier molecular flexibility index (Phi) is 9.50. The SMILES string of the molecule is C#CCNc1cccc2c1CCC(NCCC)C2.Cl.Cl. The van der Waals surface area contributed by atoms with Crippen LogP contribution in [-0.2, 0) is 12.8 Å². The van der Waals surface area contributed by atoms with Crippen LogP contribution in [0, 0.1) is 12.3 Å². The summed E-state index contributed by atoms with van der Waals surface area (Å²) in [5.41, 5.74) is 4.15. The smallest absolute Gasteiger partial charge is 0.0763 e. The van der Waals surface area contributed by atoms with Gasteiger partial charge < -0.3 is 10.6 Å². The van der Waals surface area contributed by atoms with Crippen molar-refractivity contribution in [1.29, 1.82) is 0 Å². The van der Waals surface area contributed by atoms with Crippen molar-refractivity contribution < 1.29 is 0 Å². The van der Waals surface area contributed by atoms with Gasteiger partial charge >= 0.3 is 0 Å².